The zero-order valence-electron chi connectivity index (χ0n) is 14.9. The molecule has 3 rings (SSSR count). The largest absolute Gasteiger partial charge is 0.348 e. The van der Waals surface area contributed by atoms with Crippen LogP contribution in [0.5, 0.6) is 0 Å². The lowest BCUT2D eigenvalue weighted by atomic mass is 10.1. The molecule has 5 nitrogen and oxygen atoms in total. The second-order valence-electron chi connectivity index (χ2n) is 5.96. The number of hydrogen-bond donors (Lipinski definition) is 2. The standard InChI is InChI=1S/C22H18ClN3O2/c23-18-10-7-16(8-11-18)9-12-21(27)26-20-6-2-1-5-19(20)22(28)25-15-17-4-3-13-24-14-17/h1-14H,15H2,(H,25,28)(H,26,27)/b12-9+. The SMILES string of the molecule is O=C(/C=C/c1ccc(Cl)cc1)Nc1ccccc1C(=O)NCc1cccnc1. The highest BCUT2D eigenvalue weighted by Gasteiger charge is 2.12. The van der Waals surface area contributed by atoms with Crippen molar-refractivity contribution in [3.63, 3.8) is 0 Å². The van der Waals surface area contributed by atoms with Crippen molar-refractivity contribution in [2.24, 2.45) is 0 Å². The van der Waals surface area contributed by atoms with E-state index in [0.29, 0.717) is 22.8 Å². The lowest BCUT2D eigenvalue weighted by Crippen LogP contribution is -2.24. The fourth-order valence-corrected chi connectivity index (χ4v) is 2.62. The van der Waals surface area contributed by atoms with Crippen LogP contribution in [-0.2, 0) is 11.3 Å². The van der Waals surface area contributed by atoms with Crippen LogP contribution < -0.4 is 10.6 Å². The Bertz CT molecular complexity index is 986. The average Bonchev–Trinajstić information content (AvgIpc) is 2.73. The average molecular weight is 392 g/mol. The van der Waals surface area contributed by atoms with E-state index in [0.717, 1.165) is 11.1 Å². The molecule has 0 aliphatic rings. The van der Waals surface area contributed by atoms with E-state index in [1.165, 1.54) is 6.08 Å². The minimum atomic E-state index is -0.331. The lowest BCUT2D eigenvalue weighted by molar-refractivity contribution is -0.111. The molecule has 0 saturated carbocycles. The van der Waals surface area contributed by atoms with Crippen LogP contribution in [0.1, 0.15) is 21.5 Å². The van der Waals surface area contributed by atoms with Crippen LogP contribution >= 0.6 is 11.6 Å². The molecule has 6 heteroatoms. The minimum Gasteiger partial charge on any atom is -0.348 e. The number of carbonyl (C=O) groups excluding carboxylic acids is 2. The van der Waals surface area contributed by atoms with Gasteiger partial charge in [0.1, 0.15) is 0 Å². The van der Waals surface area contributed by atoms with E-state index in [1.54, 1.807) is 54.9 Å². The van der Waals surface area contributed by atoms with Crippen LogP contribution in [0.4, 0.5) is 5.69 Å². The predicted octanol–water partition coefficient (Wildman–Crippen LogP) is 4.32. The minimum absolute atomic E-state index is 0.276. The first-order chi connectivity index (χ1) is 13.6. The molecule has 28 heavy (non-hydrogen) atoms. The summed E-state index contributed by atoms with van der Waals surface area (Å²) in [7, 11) is 0. The molecule has 0 fully saturated rings. The van der Waals surface area contributed by atoms with Gasteiger partial charge in [0.15, 0.2) is 0 Å². The monoisotopic (exact) mass is 391 g/mol. The van der Waals surface area contributed by atoms with Gasteiger partial charge in [-0.25, -0.2) is 0 Å². The number of carbonyl (C=O) groups is 2. The molecule has 2 N–H and O–H groups in total. The fraction of sp³-hybridized carbons (Fsp3) is 0.0455. The fourth-order valence-electron chi connectivity index (χ4n) is 2.49. The highest BCUT2D eigenvalue weighted by molar-refractivity contribution is 6.30. The van der Waals surface area contributed by atoms with Crippen molar-refractivity contribution in [2.45, 2.75) is 6.54 Å². The molecule has 0 aliphatic carbocycles. The van der Waals surface area contributed by atoms with Gasteiger partial charge in [-0.3, -0.25) is 14.6 Å². The van der Waals surface area contributed by atoms with Gasteiger partial charge in [-0.1, -0.05) is 41.9 Å². The molecule has 3 aromatic rings. The van der Waals surface area contributed by atoms with E-state index in [4.69, 9.17) is 11.6 Å². The Morgan fingerprint density at radius 1 is 1.00 bits per heavy atom. The van der Waals surface area contributed by atoms with Gasteiger partial charge in [0.2, 0.25) is 5.91 Å². The zero-order chi connectivity index (χ0) is 19.8. The Hall–Kier alpha value is -3.44. The number of nitrogens with one attached hydrogen (secondary N) is 2. The maximum Gasteiger partial charge on any atom is 0.253 e. The summed E-state index contributed by atoms with van der Waals surface area (Å²) in [6.45, 7) is 0.353. The van der Waals surface area contributed by atoms with Crippen molar-refractivity contribution >= 4 is 35.2 Å². The molecular formula is C22H18ClN3O2. The first-order valence-corrected chi connectivity index (χ1v) is 9.00. The predicted molar refractivity (Wildman–Crippen MR) is 111 cm³/mol. The third-order valence-corrected chi connectivity index (χ3v) is 4.15. The maximum absolute atomic E-state index is 12.5. The Morgan fingerprint density at radius 2 is 1.79 bits per heavy atom. The Kier molecular flexibility index (Phi) is 6.54. The normalized spacial score (nSPS) is 10.6. The number of hydrogen-bond acceptors (Lipinski definition) is 3. The summed E-state index contributed by atoms with van der Waals surface area (Å²) < 4.78 is 0. The third kappa shape index (κ3) is 5.53. The topological polar surface area (TPSA) is 71.1 Å². The summed E-state index contributed by atoms with van der Waals surface area (Å²) in [6, 6.07) is 17.7. The smallest absolute Gasteiger partial charge is 0.253 e. The molecule has 0 atom stereocenters. The van der Waals surface area contributed by atoms with Crippen LogP contribution in [0.2, 0.25) is 5.02 Å². The summed E-state index contributed by atoms with van der Waals surface area (Å²) in [5, 5.41) is 6.21. The first kappa shape index (κ1) is 19.3. The van der Waals surface area contributed by atoms with Gasteiger partial charge in [0.25, 0.3) is 5.91 Å². The summed E-state index contributed by atoms with van der Waals surface area (Å²) in [6.07, 6.45) is 6.45. The zero-order valence-corrected chi connectivity index (χ0v) is 15.7. The number of halogens is 1. The van der Waals surface area contributed by atoms with Crippen molar-refractivity contribution in [2.75, 3.05) is 5.32 Å². The molecule has 0 spiro atoms. The highest BCUT2D eigenvalue weighted by Crippen LogP contribution is 2.16. The molecule has 0 unspecified atom stereocenters. The molecule has 1 aromatic heterocycles. The number of para-hydroxylation sites is 1. The number of benzene rings is 2. The van der Waals surface area contributed by atoms with Crippen LogP contribution in [0.3, 0.4) is 0 Å². The number of amides is 2. The van der Waals surface area contributed by atoms with Gasteiger partial charge >= 0.3 is 0 Å². The summed E-state index contributed by atoms with van der Waals surface area (Å²) in [5.74, 6) is -0.608. The highest BCUT2D eigenvalue weighted by atomic mass is 35.5. The van der Waals surface area contributed by atoms with Crippen molar-refractivity contribution in [3.05, 3.63) is 101 Å². The molecule has 140 valence electrons. The van der Waals surface area contributed by atoms with Gasteiger partial charge < -0.3 is 10.6 Å². The van der Waals surface area contributed by atoms with E-state index in [9.17, 15) is 9.59 Å². The molecular weight excluding hydrogens is 374 g/mol. The number of rotatable bonds is 6. The van der Waals surface area contributed by atoms with E-state index in [-0.39, 0.29) is 11.8 Å². The number of anilines is 1. The van der Waals surface area contributed by atoms with Gasteiger partial charge in [0, 0.05) is 30.0 Å². The molecule has 0 aliphatic heterocycles. The van der Waals surface area contributed by atoms with Crippen LogP contribution in [0.15, 0.2) is 79.1 Å². The van der Waals surface area contributed by atoms with Crippen molar-refractivity contribution in [3.8, 4) is 0 Å². The Morgan fingerprint density at radius 3 is 2.54 bits per heavy atom. The van der Waals surface area contributed by atoms with Crippen LogP contribution in [0, 0.1) is 0 Å². The summed E-state index contributed by atoms with van der Waals surface area (Å²) in [4.78, 5) is 28.8. The number of aromatic nitrogens is 1. The number of pyridine rings is 1. The Balaban J connectivity index is 1.65. The molecule has 0 radical (unpaired) electrons. The van der Waals surface area contributed by atoms with Crippen LogP contribution in [-0.4, -0.2) is 16.8 Å². The van der Waals surface area contributed by atoms with Gasteiger partial charge in [-0.05, 0) is 47.5 Å². The van der Waals surface area contributed by atoms with E-state index in [1.807, 2.05) is 24.3 Å². The first-order valence-electron chi connectivity index (χ1n) is 8.62. The quantitative estimate of drug-likeness (QED) is 0.615. The maximum atomic E-state index is 12.5. The van der Waals surface area contributed by atoms with E-state index >= 15 is 0 Å². The van der Waals surface area contributed by atoms with E-state index < -0.39 is 0 Å². The van der Waals surface area contributed by atoms with Gasteiger partial charge in [-0.2, -0.15) is 0 Å². The number of nitrogens with zero attached hydrogens (tertiary/aromatic N) is 1. The third-order valence-electron chi connectivity index (χ3n) is 3.90. The van der Waals surface area contributed by atoms with E-state index in [2.05, 4.69) is 15.6 Å². The molecule has 0 saturated heterocycles. The second kappa shape index (κ2) is 9.48. The second-order valence-corrected chi connectivity index (χ2v) is 6.40. The van der Waals surface area contributed by atoms with Crippen LogP contribution in [0.25, 0.3) is 6.08 Å². The van der Waals surface area contributed by atoms with Gasteiger partial charge in [-0.15, -0.1) is 0 Å². The molecule has 0 bridgehead atoms. The summed E-state index contributed by atoms with van der Waals surface area (Å²) >= 11 is 5.85. The molecule has 1 heterocycles. The Labute approximate surface area is 168 Å². The molecule has 2 aromatic carbocycles. The van der Waals surface area contributed by atoms with Gasteiger partial charge in [0.05, 0.1) is 11.3 Å². The summed E-state index contributed by atoms with van der Waals surface area (Å²) in [5.41, 5.74) is 2.57. The van der Waals surface area contributed by atoms with Crippen molar-refractivity contribution in [1.82, 2.24) is 10.3 Å². The van der Waals surface area contributed by atoms with Crippen molar-refractivity contribution < 1.29 is 9.59 Å². The van der Waals surface area contributed by atoms with Crippen molar-refractivity contribution in [1.29, 1.82) is 0 Å². The molecule has 2 amide bonds. The lowest BCUT2D eigenvalue weighted by Gasteiger charge is -2.10.